The van der Waals surface area contributed by atoms with Crippen LogP contribution in [0.25, 0.3) is 0 Å². The number of rotatable bonds is 2. The zero-order valence-corrected chi connectivity index (χ0v) is 11.2. The summed E-state index contributed by atoms with van der Waals surface area (Å²) >= 11 is 0. The van der Waals surface area contributed by atoms with Gasteiger partial charge in [-0.15, -0.1) is 0 Å². The van der Waals surface area contributed by atoms with Gasteiger partial charge in [0.05, 0.1) is 0 Å². The molecule has 2 aromatic rings. The van der Waals surface area contributed by atoms with Crippen LogP contribution in [-0.2, 0) is 10.8 Å². The van der Waals surface area contributed by atoms with E-state index in [0.29, 0.717) is 10.8 Å². The molecule has 0 spiro atoms. The standard InChI is InChI=1S/C20H16/c1-3-7-11(8-4-1)19-13-16-14(19)18-15(19)17(13)20(16,18)12-9-5-2-6-10-12/h1-10,13-18H. The molecular formula is C20H16. The van der Waals surface area contributed by atoms with E-state index in [1.54, 1.807) is 11.1 Å². The average molecular weight is 256 g/mol. The topological polar surface area (TPSA) is 0 Å². The quantitative estimate of drug-likeness (QED) is 0.769. The summed E-state index contributed by atoms with van der Waals surface area (Å²) in [7, 11) is 0. The van der Waals surface area contributed by atoms with Crippen molar-refractivity contribution in [2.75, 3.05) is 0 Å². The molecule has 0 aliphatic heterocycles. The van der Waals surface area contributed by atoms with Crippen molar-refractivity contribution < 1.29 is 0 Å². The van der Waals surface area contributed by atoms with Gasteiger partial charge in [0.2, 0.25) is 0 Å². The highest BCUT2D eigenvalue weighted by Gasteiger charge is 3.09. The highest BCUT2D eigenvalue weighted by atomic mass is 15.1. The molecule has 0 aromatic heterocycles. The first-order valence-corrected chi connectivity index (χ1v) is 8.05. The summed E-state index contributed by atoms with van der Waals surface area (Å²) in [5.41, 5.74) is 4.67. The van der Waals surface area contributed by atoms with Crippen molar-refractivity contribution in [1.82, 2.24) is 0 Å². The fourth-order valence-electron chi connectivity index (χ4n) is 8.14. The van der Waals surface area contributed by atoms with E-state index < -0.39 is 0 Å². The average Bonchev–Trinajstić information content (AvgIpc) is 2.56. The summed E-state index contributed by atoms with van der Waals surface area (Å²) in [5.74, 6) is 6.28. The Morgan fingerprint density at radius 3 is 1.05 bits per heavy atom. The molecule has 0 heterocycles. The van der Waals surface area contributed by atoms with E-state index in [0.717, 1.165) is 35.5 Å². The third kappa shape index (κ3) is 0.525. The van der Waals surface area contributed by atoms with Gasteiger partial charge in [-0.25, -0.2) is 0 Å². The van der Waals surface area contributed by atoms with Crippen LogP contribution in [0.3, 0.4) is 0 Å². The minimum Gasteiger partial charge on any atom is -0.0622 e. The van der Waals surface area contributed by atoms with Gasteiger partial charge < -0.3 is 0 Å². The van der Waals surface area contributed by atoms with E-state index in [9.17, 15) is 0 Å². The van der Waals surface area contributed by atoms with E-state index in [2.05, 4.69) is 60.7 Å². The molecule has 0 unspecified atom stereocenters. The van der Waals surface area contributed by atoms with Crippen LogP contribution in [0.4, 0.5) is 0 Å². The van der Waals surface area contributed by atoms with Crippen LogP contribution < -0.4 is 0 Å². The molecule has 6 saturated carbocycles. The summed E-state index contributed by atoms with van der Waals surface area (Å²) in [6, 6.07) is 22.9. The summed E-state index contributed by atoms with van der Waals surface area (Å²) in [6.07, 6.45) is 0. The van der Waals surface area contributed by atoms with Crippen LogP contribution in [-0.4, -0.2) is 0 Å². The van der Waals surface area contributed by atoms with E-state index in [4.69, 9.17) is 0 Å². The smallest absolute Gasteiger partial charge is 0.00561 e. The minimum atomic E-state index is 0.664. The van der Waals surface area contributed by atoms with Crippen LogP contribution in [0.2, 0.25) is 0 Å². The van der Waals surface area contributed by atoms with Crippen molar-refractivity contribution in [3.8, 4) is 0 Å². The lowest BCUT2D eigenvalue weighted by Gasteiger charge is -3.12. The number of hydrogen-bond donors (Lipinski definition) is 0. The maximum atomic E-state index is 2.40. The largest absolute Gasteiger partial charge is 0.0622 e. The van der Waals surface area contributed by atoms with Gasteiger partial charge in [0.1, 0.15) is 0 Å². The second kappa shape index (κ2) is 2.39. The maximum absolute atomic E-state index is 2.40. The van der Waals surface area contributed by atoms with Crippen molar-refractivity contribution >= 4 is 0 Å². The molecule has 2 aromatic carbocycles. The third-order valence-electron chi connectivity index (χ3n) is 8.18. The second-order valence-corrected chi connectivity index (χ2v) is 7.75. The summed E-state index contributed by atoms with van der Waals surface area (Å²) < 4.78 is 0. The monoisotopic (exact) mass is 256 g/mol. The van der Waals surface area contributed by atoms with Crippen LogP contribution in [0.15, 0.2) is 60.7 Å². The summed E-state index contributed by atoms with van der Waals surface area (Å²) in [5, 5.41) is 0. The molecule has 0 N–H and O–H groups in total. The van der Waals surface area contributed by atoms with E-state index in [-0.39, 0.29) is 0 Å². The molecule has 0 amide bonds. The lowest BCUT2D eigenvalue weighted by Crippen LogP contribution is -3.12. The normalized spacial score (nSPS) is 57.4. The predicted molar refractivity (Wildman–Crippen MR) is 77.2 cm³/mol. The first-order chi connectivity index (χ1) is 9.94. The molecule has 0 nitrogen and oxygen atoms in total. The number of hydrogen-bond acceptors (Lipinski definition) is 0. The van der Waals surface area contributed by atoms with Gasteiger partial charge in [-0.1, -0.05) is 60.7 Å². The molecule has 6 aliphatic carbocycles. The van der Waals surface area contributed by atoms with Gasteiger partial charge in [-0.3, -0.25) is 0 Å². The van der Waals surface area contributed by atoms with E-state index in [1.807, 2.05) is 0 Å². The molecule has 0 heteroatoms. The Morgan fingerprint density at radius 1 is 0.450 bits per heavy atom. The van der Waals surface area contributed by atoms with Gasteiger partial charge in [0.25, 0.3) is 0 Å². The zero-order valence-electron chi connectivity index (χ0n) is 11.2. The first-order valence-electron chi connectivity index (χ1n) is 8.05. The van der Waals surface area contributed by atoms with E-state index in [1.165, 1.54) is 0 Å². The predicted octanol–water partition coefficient (Wildman–Crippen LogP) is 3.63. The Bertz CT molecular complexity index is 636. The SMILES string of the molecule is c1ccc(C23C4C5C2C2C3C4C52c2ccccc2)cc1. The second-order valence-electron chi connectivity index (χ2n) is 7.75. The lowest BCUT2D eigenvalue weighted by molar-refractivity contribution is -0.596. The zero-order chi connectivity index (χ0) is 12.7. The Kier molecular flexibility index (Phi) is 1.12. The molecule has 0 atom stereocenters. The molecule has 8 rings (SSSR count). The van der Waals surface area contributed by atoms with E-state index >= 15 is 0 Å². The highest BCUT2D eigenvalue weighted by molar-refractivity contribution is 5.68. The molecule has 6 fully saturated rings. The molecule has 0 radical (unpaired) electrons. The van der Waals surface area contributed by atoms with Gasteiger partial charge in [-0.05, 0) is 46.6 Å². The molecule has 20 heavy (non-hydrogen) atoms. The van der Waals surface area contributed by atoms with Crippen molar-refractivity contribution in [2.24, 2.45) is 35.5 Å². The van der Waals surface area contributed by atoms with Crippen LogP contribution in [0, 0.1) is 35.5 Å². The number of benzene rings is 2. The molecular weight excluding hydrogens is 240 g/mol. The maximum Gasteiger partial charge on any atom is 0.00561 e. The Labute approximate surface area is 118 Å². The van der Waals surface area contributed by atoms with Crippen molar-refractivity contribution in [3.63, 3.8) is 0 Å². The first kappa shape index (κ1) is 9.39. The van der Waals surface area contributed by atoms with Crippen LogP contribution in [0.5, 0.6) is 0 Å². The molecule has 0 saturated heterocycles. The summed E-state index contributed by atoms with van der Waals surface area (Å²) in [4.78, 5) is 0. The molecule has 0 bridgehead atoms. The third-order valence-corrected chi connectivity index (χ3v) is 8.18. The van der Waals surface area contributed by atoms with Crippen molar-refractivity contribution in [3.05, 3.63) is 71.8 Å². The van der Waals surface area contributed by atoms with Crippen molar-refractivity contribution in [1.29, 1.82) is 0 Å². The highest BCUT2D eigenvalue weighted by Crippen LogP contribution is 3.09. The van der Waals surface area contributed by atoms with Gasteiger partial charge >= 0.3 is 0 Å². The van der Waals surface area contributed by atoms with Gasteiger partial charge in [0, 0.05) is 10.8 Å². The van der Waals surface area contributed by atoms with Gasteiger partial charge in [0.15, 0.2) is 0 Å². The van der Waals surface area contributed by atoms with Crippen LogP contribution >= 0.6 is 0 Å². The fraction of sp³-hybridized carbons (Fsp3) is 0.400. The molecule has 6 aliphatic rings. The minimum absolute atomic E-state index is 0.664. The summed E-state index contributed by atoms with van der Waals surface area (Å²) in [6.45, 7) is 0. The van der Waals surface area contributed by atoms with Crippen LogP contribution in [0.1, 0.15) is 11.1 Å². The van der Waals surface area contributed by atoms with Gasteiger partial charge in [-0.2, -0.15) is 0 Å². The van der Waals surface area contributed by atoms with Crippen molar-refractivity contribution in [2.45, 2.75) is 10.8 Å². The molecule has 96 valence electrons. The Balaban J connectivity index is 1.35. The Morgan fingerprint density at radius 2 is 0.750 bits per heavy atom. The Hall–Kier alpha value is -1.56. The fourth-order valence-corrected chi connectivity index (χ4v) is 8.14. The lowest BCUT2D eigenvalue weighted by atomic mass is 8.91.